The quantitative estimate of drug-likeness (QED) is 0.878. The summed E-state index contributed by atoms with van der Waals surface area (Å²) in [6.07, 6.45) is 0. The Morgan fingerprint density at radius 3 is 2.71 bits per heavy atom. The first kappa shape index (κ1) is 13.1. The maximum absolute atomic E-state index is 10.2. The van der Waals surface area contributed by atoms with Crippen LogP contribution in [0.2, 0.25) is 5.02 Å². The van der Waals surface area contributed by atoms with Gasteiger partial charge in [0.15, 0.2) is 6.61 Å². The molecule has 14 heavy (non-hydrogen) atoms. The third kappa shape index (κ3) is 3.85. The predicted molar refractivity (Wildman–Crippen MR) is 56.6 cm³/mol. The highest BCUT2D eigenvalue weighted by Gasteiger charge is 2.00. The van der Waals surface area contributed by atoms with E-state index in [0.717, 1.165) is 5.56 Å². The first-order valence-corrected chi connectivity index (χ1v) is 4.08. The smallest absolute Gasteiger partial charge is 0.341 e. The van der Waals surface area contributed by atoms with Gasteiger partial charge in [0.05, 0.1) is 0 Å². The highest BCUT2D eigenvalue weighted by atomic mass is 35.5. The lowest BCUT2D eigenvalue weighted by Crippen LogP contribution is -2.09. The largest absolute Gasteiger partial charge is 0.482 e. The Morgan fingerprint density at radius 2 is 2.21 bits per heavy atom. The molecule has 0 aliphatic heterocycles. The average molecular weight is 237 g/mol. The van der Waals surface area contributed by atoms with Crippen molar-refractivity contribution in [3.05, 3.63) is 28.8 Å². The van der Waals surface area contributed by atoms with Crippen molar-refractivity contribution in [3.63, 3.8) is 0 Å². The van der Waals surface area contributed by atoms with Gasteiger partial charge in [-0.3, -0.25) is 0 Å². The Labute approximate surface area is 93.1 Å². The Hall–Kier alpha value is -0.930. The zero-order valence-electron chi connectivity index (χ0n) is 7.49. The Kier molecular flexibility index (Phi) is 5.35. The molecule has 1 N–H and O–H groups in total. The van der Waals surface area contributed by atoms with Gasteiger partial charge >= 0.3 is 5.97 Å². The van der Waals surface area contributed by atoms with Crippen molar-refractivity contribution >= 4 is 30.0 Å². The summed E-state index contributed by atoms with van der Waals surface area (Å²) in [5, 5.41) is 8.99. The normalized spacial score (nSPS) is 9.00. The molecule has 0 spiro atoms. The fourth-order valence-corrected chi connectivity index (χ4v) is 0.970. The summed E-state index contributed by atoms with van der Waals surface area (Å²) in [6.45, 7) is 1.50. The van der Waals surface area contributed by atoms with Crippen molar-refractivity contribution in [1.82, 2.24) is 0 Å². The molecule has 1 aromatic carbocycles. The van der Waals surface area contributed by atoms with E-state index in [9.17, 15) is 4.79 Å². The molecule has 1 aromatic rings. The van der Waals surface area contributed by atoms with Crippen molar-refractivity contribution in [2.45, 2.75) is 6.92 Å². The second-order valence-electron chi connectivity index (χ2n) is 2.59. The molecule has 3 nitrogen and oxygen atoms in total. The van der Waals surface area contributed by atoms with Crippen LogP contribution in [0.25, 0.3) is 0 Å². The number of carboxylic acids is 1. The minimum Gasteiger partial charge on any atom is -0.482 e. The molecule has 0 fully saturated rings. The van der Waals surface area contributed by atoms with E-state index in [4.69, 9.17) is 21.4 Å². The van der Waals surface area contributed by atoms with Crippen LogP contribution in [0.4, 0.5) is 0 Å². The molecular formula is C9H10Cl2O3. The molecule has 0 atom stereocenters. The molecule has 1 rings (SSSR count). The zero-order valence-corrected chi connectivity index (χ0v) is 9.06. The number of ether oxygens (including phenoxy) is 1. The molecule has 0 bridgehead atoms. The number of rotatable bonds is 3. The molecule has 0 saturated heterocycles. The third-order valence-electron chi connectivity index (χ3n) is 1.49. The van der Waals surface area contributed by atoms with Gasteiger partial charge in [-0.2, -0.15) is 0 Å². The van der Waals surface area contributed by atoms with Crippen LogP contribution in [0, 0.1) is 6.92 Å². The fourth-order valence-electron chi connectivity index (χ4n) is 0.852. The van der Waals surface area contributed by atoms with Gasteiger partial charge in [-0.15, -0.1) is 12.4 Å². The van der Waals surface area contributed by atoms with Crippen molar-refractivity contribution in [2.24, 2.45) is 0 Å². The number of halogens is 2. The zero-order chi connectivity index (χ0) is 9.84. The van der Waals surface area contributed by atoms with E-state index in [1.165, 1.54) is 0 Å². The van der Waals surface area contributed by atoms with E-state index in [2.05, 4.69) is 0 Å². The van der Waals surface area contributed by atoms with Crippen LogP contribution in [-0.4, -0.2) is 17.7 Å². The first-order valence-electron chi connectivity index (χ1n) is 3.70. The van der Waals surface area contributed by atoms with Gasteiger partial charge in [0.1, 0.15) is 5.75 Å². The van der Waals surface area contributed by atoms with Gasteiger partial charge in [0.2, 0.25) is 0 Å². The number of aryl methyl sites for hydroxylation is 1. The summed E-state index contributed by atoms with van der Waals surface area (Å²) in [7, 11) is 0. The number of benzene rings is 1. The van der Waals surface area contributed by atoms with Gasteiger partial charge in [-0.1, -0.05) is 11.6 Å². The molecule has 0 amide bonds. The van der Waals surface area contributed by atoms with Gasteiger partial charge in [0, 0.05) is 5.02 Å². The SMILES string of the molecule is Cc1cc(OCC(=O)O)ccc1Cl.Cl. The van der Waals surface area contributed by atoms with Gasteiger partial charge < -0.3 is 9.84 Å². The van der Waals surface area contributed by atoms with Gasteiger partial charge in [-0.25, -0.2) is 4.79 Å². The topological polar surface area (TPSA) is 46.5 Å². The maximum atomic E-state index is 10.2. The number of hydrogen-bond acceptors (Lipinski definition) is 2. The molecule has 0 saturated carbocycles. The summed E-state index contributed by atoms with van der Waals surface area (Å²) < 4.78 is 4.95. The molecule has 0 radical (unpaired) electrons. The van der Waals surface area contributed by atoms with Crippen molar-refractivity contribution in [2.75, 3.05) is 6.61 Å². The fraction of sp³-hybridized carbons (Fsp3) is 0.222. The maximum Gasteiger partial charge on any atom is 0.341 e. The Bertz CT molecular complexity index is 326. The number of hydrogen-bond donors (Lipinski definition) is 1. The van der Waals surface area contributed by atoms with Gasteiger partial charge in [-0.05, 0) is 30.7 Å². The third-order valence-corrected chi connectivity index (χ3v) is 1.92. The highest BCUT2D eigenvalue weighted by molar-refractivity contribution is 6.31. The Morgan fingerprint density at radius 1 is 1.57 bits per heavy atom. The average Bonchev–Trinajstić information content (AvgIpc) is 2.07. The molecule has 0 unspecified atom stereocenters. The molecular weight excluding hydrogens is 227 g/mol. The molecule has 0 heterocycles. The lowest BCUT2D eigenvalue weighted by atomic mass is 10.2. The van der Waals surface area contributed by atoms with E-state index in [1.807, 2.05) is 6.92 Å². The van der Waals surface area contributed by atoms with E-state index in [0.29, 0.717) is 10.8 Å². The summed E-state index contributed by atoms with van der Waals surface area (Å²) in [5.41, 5.74) is 0.865. The summed E-state index contributed by atoms with van der Waals surface area (Å²) in [5.74, 6) is -0.475. The molecule has 0 aliphatic carbocycles. The van der Waals surface area contributed by atoms with Crippen LogP contribution < -0.4 is 4.74 Å². The summed E-state index contributed by atoms with van der Waals surface area (Å²) in [4.78, 5) is 10.2. The summed E-state index contributed by atoms with van der Waals surface area (Å²) in [6, 6.07) is 5.01. The lowest BCUT2D eigenvalue weighted by Gasteiger charge is -2.04. The lowest BCUT2D eigenvalue weighted by molar-refractivity contribution is -0.139. The second-order valence-corrected chi connectivity index (χ2v) is 3.00. The summed E-state index contributed by atoms with van der Waals surface area (Å²) >= 11 is 5.77. The number of aliphatic carboxylic acids is 1. The van der Waals surface area contributed by atoms with Crippen LogP contribution in [0.3, 0.4) is 0 Å². The Balaban J connectivity index is 0.00000169. The van der Waals surface area contributed by atoms with Crippen molar-refractivity contribution in [1.29, 1.82) is 0 Å². The monoisotopic (exact) mass is 236 g/mol. The van der Waals surface area contributed by atoms with Gasteiger partial charge in [0.25, 0.3) is 0 Å². The highest BCUT2D eigenvalue weighted by Crippen LogP contribution is 2.20. The van der Waals surface area contributed by atoms with Crippen LogP contribution in [0.1, 0.15) is 5.56 Å². The minimum absolute atomic E-state index is 0. The predicted octanol–water partition coefficient (Wildman–Crippen LogP) is 2.53. The first-order chi connectivity index (χ1) is 6.09. The van der Waals surface area contributed by atoms with Crippen LogP contribution in [0.5, 0.6) is 5.75 Å². The van der Waals surface area contributed by atoms with E-state index < -0.39 is 5.97 Å². The van der Waals surface area contributed by atoms with E-state index in [1.54, 1.807) is 18.2 Å². The minimum atomic E-state index is -0.993. The molecule has 0 aromatic heterocycles. The molecule has 0 aliphatic rings. The van der Waals surface area contributed by atoms with Crippen molar-refractivity contribution < 1.29 is 14.6 Å². The number of carboxylic acid groups (broad SMARTS) is 1. The standard InChI is InChI=1S/C9H9ClO3.ClH/c1-6-4-7(2-3-8(6)10)13-5-9(11)12;/h2-4H,5H2,1H3,(H,11,12);1H. The van der Waals surface area contributed by atoms with Crippen LogP contribution >= 0.6 is 24.0 Å². The molecule has 78 valence electrons. The van der Waals surface area contributed by atoms with E-state index >= 15 is 0 Å². The van der Waals surface area contributed by atoms with E-state index in [-0.39, 0.29) is 19.0 Å². The second kappa shape index (κ2) is 5.73. The molecule has 5 heteroatoms. The number of carbonyl (C=O) groups is 1. The van der Waals surface area contributed by atoms with Crippen LogP contribution in [-0.2, 0) is 4.79 Å². The van der Waals surface area contributed by atoms with Crippen molar-refractivity contribution in [3.8, 4) is 5.75 Å². The van der Waals surface area contributed by atoms with Crippen LogP contribution in [0.15, 0.2) is 18.2 Å².